The monoisotopic (exact) mass is 305 g/mol. The summed E-state index contributed by atoms with van der Waals surface area (Å²) in [5.74, 6) is 0. The third-order valence-electron chi connectivity index (χ3n) is 3.93. The summed E-state index contributed by atoms with van der Waals surface area (Å²) in [7, 11) is -1.48. The smallest absolute Gasteiger partial charge is 0.242 e. The quantitative estimate of drug-likeness (QED) is 0.936. The van der Waals surface area contributed by atoms with Crippen molar-refractivity contribution in [3.05, 3.63) is 36.5 Å². The van der Waals surface area contributed by atoms with Crippen molar-refractivity contribution >= 4 is 20.9 Å². The number of hydrogen-bond acceptors (Lipinski definition) is 4. The van der Waals surface area contributed by atoms with Crippen LogP contribution in [0.4, 0.5) is 0 Å². The lowest BCUT2D eigenvalue weighted by atomic mass is 10.1. The van der Waals surface area contributed by atoms with Crippen LogP contribution in [0, 0.1) is 0 Å². The zero-order valence-electron chi connectivity index (χ0n) is 12.0. The predicted octanol–water partition coefficient (Wildman–Crippen LogP) is 1.61. The Balaban J connectivity index is 1.90. The van der Waals surface area contributed by atoms with Crippen LogP contribution in [0.5, 0.6) is 0 Å². The molecule has 0 unspecified atom stereocenters. The Morgan fingerprint density at radius 1 is 1.19 bits per heavy atom. The highest BCUT2D eigenvalue weighted by atomic mass is 32.2. The minimum absolute atomic E-state index is 0.00479. The summed E-state index contributed by atoms with van der Waals surface area (Å²) in [6.07, 6.45) is 3.30. The van der Waals surface area contributed by atoms with Crippen LogP contribution < -0.4 is 4.72 Å². The molecule has 1 aliphatic heterocycles. The molecule has 0 aliphatic carbocycles. The van der Waals surface area contributed by atoms with Gasteiger partial charge in [0, 0.05) is 17.6 Å². The van der Waals surface area contributed by atoms with Crippen molar-refractivity contribution in [2.24, 2.45) is 0 Å². The summed E-state index contributed by atoms with van der Waals surface area (Å²) in [5.41, 5.74) is 0.528. The van der Waals surface area contributed by atoms with Gasteiger partial charge in [0.2, 0.25) is 10.0 Å². The predicted molar refractivity (Wildman–Crippen MR) is 82.6 cm³/mol. The van der Waals surface area contributed by atoms with Gasteiger partial charge >= 0.3 is 0 Å². The van der Waals surface area contributed by atoms with Gasteiger partial charge in [-0.2, -0.15) is 0 Å². The number of fused-ring (bicyclic) bond motifs is 1. The van der Waals surface area contributed by atoms with Crippen molar-refractivity contribution in [1.82, 2.24) is 14.6 Å². The molecule has 2 heterocycles. The zero-order valence-corrected chi connectivity index (χ0v) is 12.8. The molecule has 0 amide bonds. The number of rotatable bonds is 3. The molecule has 1 saturated heterocycles. The molecule has 0 saturated carbocycles. The number of nitrogens with zero attached hydrogens (tertiary/aromatic N) is 2. The molecule has 112 valence electrons. The van der Waals surface area contributed by atoms with Gasteiger partial charge in [-0.25, -0.2) is 13.1 Å². The Morgan fingerprint density at radius 3 is 2.67 bits per heavy atom. The fourth-order valence-electron chi connectivity index (χ4n) is 2.70. The normalized spacial score (nSPS) is 18.1. The van der Waals surface area contributed by atoms with E-state index < -0.39 is 10.0 Å². The molecular formula is C15H19N3O2S. The van der Waals surface area contributed by atoms with Crippen molar-refractivity contribution in [2.75, 3.05) is 20.1 Å². The number of benzene rings is 1. The molecule has 2 aromatic rings. The standard InChI is InChI=1S/C15H19N3O2S/c1-18-10-7-13(8-11-18)17-21(19,20)14-6-2-4-12-5-3-9-16-15(12)14/h2-6,9,13,17H,7-8,10-11H2,1H3. The maximum Gasteiger partial charge on any atom is 0.242 e. The minimum atomic E-state index is -3.54. The molecule has 1 aliphatic rings. The van der Waals surface area contributed by atoms with E-state index in [2.05, 4.69) is 21.7 Å². The number of nitrogens with one attached hydrogen (secondary N) is 1. The molecule has 5 nitrogen and oxygen atoms in total. The lowest BCUT2D eigenvalue weighted by molar-refractivity contribution is 0.248. The number of para-hydroxylation sites is 1. The largest absolute Gasteiger partial charge is 0.306 e. The fourth-order valence-corrected chi connectivity index (χ4v) is 4.19. The first-order chi connectivity index (χ1) is 10.1. The van der Waals surface area contributed by atoms with E-state index in [1.807, 2.05) is 18.2 Å². The summed E-state index contributed by atoms with van der Waals surface area (Å²) in [4.78, 5) is 6.70. The van der Waals surface area contributed by atoms with E-state index in [-0.39, 0.29) is 10.9 Å². The Bertz CT molecular complexity index is 732. The molecule has 0 atom stereocenters. The van der Waals surface area contributed by atoms with Crippen LogP contribution in [-0.4, -0.2) is 44.5 Å². The lowest BCUT2D eigenvalue weighted by Crippen LogP contribution is -2.43. The number of piperidine rings is 1. The van der Waals surface area contributed by atoms with Crippen LogP contribution in [0.25, 0.3) is 10.9 Å². The first kappa shape index (κ1) is 14.4. The number of pyridine rings is 1. The highest BCUT2D eigenvalue weighted by Crippen LogP contribution is 2.21. The third kappa shape index (κ3) is 3.07. The number of likely N-dealkylation sites (tertiary alicyclic amines) is 1. The van der Waals surface area contributed by atoms with Gasteiger partial charge < -0.3 is 4.90 Å². The molecule has 3 rings (SSSR count). The molecule has 1 aromatic carbocycles. The Kier molecular flexibility index (Phi) is 3.93. The van der Waals surface area contributed by atoms with Gasteiger partial charge in [0.05, 0.1) is 5.52 Å². The third-order valence-corrected chi connectivity index (χ3v) is 5.48. The average Bonchev–Trinajstić information content (AvgIpc) is 2.49. The molecule has 0 spiro atoms. The van der Waals surface area contributed by atoms with Crippen LogP contribution >= 0.6 is 0 Å². The maximum absolute atomic E-state index is 12.6. The highest BCUT2D eigenvalue weighted by Gasteiger charge is 2.24. The topological polar surface area (TPSA) is 62.3 Å². The summed E-state index contributed by atoms with van der Waals surface area (Å²) in [5, 5.41) is 0.837. The number of hydrogen-bond donors (Lipinski definition) is 1. The van der Waals surface area contributed by atoms with E-state index in [9.17, 15) is 8.42 Å². The van der Waals surface area contributed by atoms with E-state index in [1.165, 1.54) is 0 Å². The van der Waals surface area contributed by atoms with Crippen molar-refractivity contribution in [1.29, 1.82) is 0 Å². The highest BCUT2D eigenvalue weighted by molar-refractivity contribution is 7.89. The number of sulfonamides is 1. The summed E-state index contributed by atoms with van der Waals surface area (Å²) >= 11 is 0. The van der Waals surface area contributed by atoms with Gasteiger partial charge in [-0.15, -0.1) is 0 Å². The molecule has 21 heavy (non-hydrogen) atoms. The van der Waals surface area contributed by atoms with E-state index in [0.29, 0.717) is 5.52 Å². The van der Waals surface area contributed by atoms with Crippen LogP contribution in [0.15, 0.2) is 41.4 Å². The number of aromatic nitrogens is 1. The second-order valence-corrected chi connectivity index (χ2v) is 7.21. The van der Waals surface area contributed by atoms with E-state index in [0.717, 1.165) is 31.3 Å². The van der Waals surface area contributed by atoms with Gasteiger partial charge in [-0.3, -0.25) is 4.98 Å². The van der Waals surface area contributed by atoms with Gasteiger partial charge in [0.25, 0.3) is 0 Å². The molecule has 0 bridgehead atoms. The minimum Gasteiger partial charge on any atom is -0.306 e. The Hall–Kier alpha value is -1.50. The SMILES string of the molecule is CN1CCC(NS(=O)(=O)c2cccc3cccnc23)CC1. The summed E-state index contributed by atoms with van der Waals surface area (Å²) in [6, 6.07) is 8.93. The van der Waals surface area contributed by atoms with Crippen molar-refractivity contribution in [2.45, 2.75) is 23.8 Å². The molecule has 6 heteroatoms. The average molecular weight is 305 g/mol. The van der Waals surface area contributed by atoms with Crippen LogP contribution in [-0.2, 0) is 10.0 Å². The van der Waals surface area contributed by atoms with Crippen molar-refractivity contribution < 1.29 is 8.42 Å². The first-order valence-corrected chi connectivity index (χ1v) is 8.59. The zero-order chi connectivity index (χ0) is 14.9. The van der Waals surface area contributed by atoms with E-state index in [4.69, 9.17) is 0 Å². The van der Waals surface area contributed by atoms with Crippen LogP contribution in [0.3, 0.4) is 0 Å². The molecule has 1 fully saturated rings. The summed E-state index contributed by atoms with van der Waals surface area (Å²) in [6.45, 7) is 1.84. The Morgan fingerprint density at radius 2 is 1.90 bits per heavy atom. The van der Waals surface area contributed by atoms with Gasteiger partial charge in [-0.1, -0.05) is 18.2 Å². The molecule has 1 N–H and O–H groups in total. The fraction of sp³-hybridized carbons (Fsp3) is 0.400. The Labute approximate surface area is 125 Å². The van der Waals surface area contributed by atoms with Gasteiger partial charge in [-0.05, 0) is 45.1 Å². The van der Waals surface area contributed by atoms with Crippen molar-refractivity contribution in [3.63, 3.8) is 0 Å². The molecule has 0 radical (unpaired) electrons. The molecule has 1 aromatic heterocycles. The maximum atomic E-state index is 12.6. The lowest BCUT2D eigenvalue weighted by Gasteiger charge is -2.29. The van der Waals surface area contributed by atoms with Gasteiger partial charge in [0.1, 0.15) is 4.90 Å². The first-order valence-electron chi connectivity index (χ1n) is 7.11. The second-order valence-electron chi connectivity index (χ2n) is 5.53. The van der Waals surface area contributed by atoms with Crippen molar-refractivity contribution in [3.8, 4) is 0 Å². The van der Waals surface area contributed by atoms with Crippen LogP contribution in [0.1, 0.15) is 12.8 Å². The molecular weight excluding hydrogens is 286 g/mol. The summed E-state index contributed by atoms with van der Waals surface area (Å²) < 4.78 is 28.1. The van der Waals surface area contributed by atoms with E-state index in [1.54, 1.807) is 18.3 Å². The second kappa shape index (κ2) is 5.71. The van der Waals surface area contributed by atoms with E-state index >= 15 is 0 Å². The van der Waals surface area contributed by atoms with Crippen LogP contribution in [0.2, 0.25) is 0 Å². The van der Waals surface area contributed by atoms with Gasteiger partial charge in [0.15, 0.2) is 0 Å².